The van der Waals surface area contributed by atoms with Crippen LogP contribution in [-0.2, 0) is 16.1 Å². The third kappa shape index (κ3) is 3.85. The number of hydrogen-bond acceptors (Lipinski definition) is 5. The summed E-state index contributed by atoms with van der Waals surface area (Å²) in [5, 5.41) is 3.68. The van der Waals surface area contributed by atoms with Crippen molar-refractivity contribution in [2.45, 2.75) is 38.3 Å². The van der Waals surface area contributed by atoms with E-state index in [4.69, 9.17) is 13.6 Å². The van der Waals surface area contributed by atoms with Crippen LogP contribution in [0.15, 0.2) is 51.5 Å². The van der Waals surface area contributed by atoms with E-state index in [-0.39, 0.29) is 29.6 Å². The van der Waals surface area contributed by atoms with Crippen molar-refractivity contribution in [3.63, 3.8) is 0 Å². The van der Waals surface area contributed by atoms with Crippen molar-refractivity contribution in [3.8, 4) is 0 Å². The molecular weight excluding hydrogens is 384 g/mol. The monoisotopic (exact) mass is 408 g/mol. The van der Waals surface area contributed by atoms with Gasteiger partial charge in [-0.05, 0) is 49.9 Å². The molecule has 7 heteroatoms. The Bertz CT molecular complexity index is 1040. The Morgan fingerprint density at radius 3 is 2.70 bits per heavy atom. The number of hydrogen-bond donors (Lipinski definition) is 1. The summed E-state index contributed by atoms with van der Waals surface area (Å²) in [6.45, 7) is 1.45. The van der Waals surface area contributed by atoms with E-state index in [1.165, 1.54) is 0 Å². The van der Waals surface area contributed by atoms with Gasteiger partial charge in [0.25, 0.3) is 5.91 Å². The molecule has 1 aliphatic heterocycles. The minimum atomic E-state index is -0.288. The summed E-state index contributed by atoms with van der Waals surface area (Å²) in [4.78, 5) is 27.8. The number of carbonyl (C=O) groups is 2. The lowest BCUT2D eigenvalue weighted by Gasteiger charge is -2.24. The summed E-state index contributed by atoms with van der Waals surface area (Å²) in [7, 11) is 0. The lowest BCUT2D eigenvalue weighted by Crippen LogP contribution is -2.37. The normalized spacial score (nSPS) is 18.6. The maximum atomic E-state index is 13.6. The second-order valence-electron chi connectivity index (χ2n) is 7.97. The van der Waals surface area contributed by atoms with Gasteiger partial charge in [-0.25, -0.2) is 0 Å². The van der Waals surface area contributed by atoms with Crippen molar-refractivity contribution in [1.82, 2.24) is 4.90 Å². The molecule has 1 saturated heterocycles. The van der Waals surface area contributed by atoms with E-state index < -0.39 is 0 Å². The molecule has 3 heterocycles. The Kier molecular flexibility index (Phi) is 5.04. The Labute approximate surface area is 174 Å². The van der Waals surface area contributed by atoms with E-state index in [9.17, 15) is 9.59 Å². The summed E-state index contributed by atoms with van der Waals surface area (Å²) < 4.78 is 17.2. The molecular formula is C23H24N2O5. The summed E-state index contributed by atoms with van der Waals surface area (Å²) >= 11 is 0. The molecule has 0 spiro atoms. The lowest BCUT2D eigenvalue weighted by molar-refractivity contribution is -0.117. The van der Waals surface area contributed by atoms with Crippen LogP contribution in [0.1, 0.15) is 42.0 Å². The number of benzene rings is 1. The Hall–Kier alpha value is -3.06. The SMILES string of the molecule is O=C(Nc1c(C(=O)N(Cc2ccco2)CC2CCCO2)oc2ccccc12)C1CC1. The molecule has 1 atom stereocenters. The predicted octanol–water partition coefficient (Wildman–Crippen LogP) is 4.20. The zero-order valence-corrected chi connectivity index (χ0v) is 16.6. The van der Waals surface area contributed by atoms with Gasteiger partial charge in [-0.15, -0.1) is 0 Å². The number of para-hydroxylation sites is 1. The first-order chi connectivity index (χ1) is 14.7. The van der Waals surface area contributed by atoms with Crippen LogP contribution >= 0.6 is 0 Å². The fourth-order valence-corrected chi connectivity index (χ4v) is 3.88. The molecule has 1 unspecified atom stereocenters. The van der Waals surface area contributed by atoms with Crippen LogP contribution in [0.5, 0.6) is 0 Å². The standard InChI is InChI=1S/C23H24N2O5/c26-22(15-9-10-15)24-20-18-7-1-2-8-19(18)30-21(20)23(27)25(13-16-5-3-11-28-16)14-17-6-4-12-29-17/h1-3,5,7-8,11,15,17H,4,6,9-10,12-14H2,(H,24,26). The maximum absolute atomic E-state index is 13.6. The molecule has 2 fully saturated rings. The lowest BCUT2D eigenvalue weighted by atomic mass is 10.2. The van der Waals surface area contributed by atoms with E-state index in [2.05, 4.69) is 5.32 Å². The Balaban J connectivity index is 1.48. The molecule has 2 amide bonds. The highest BCUT2D eigenvalue weighted by molar-refractivity contribution is 6.11. The molecule has 0 bridgehead atoms. The number of amides is 2. The van der Waals surface area contributed by atoms with Crippen molar-refractivity contribution in [2.24, 2.45) is 5.92 Å². The average molecular weight is 408 g/mol. The van der Waals surface area contributed by atoms with E-state index in [1.54, 1.807) is 23.3 Å². The second kappa shape index (κ2) is 7.99. The third-order valence-electron chi connectivity index (χ3n) is 5.65. The van der Waals surface area contributed by atoms with Crippen molar-refractivity contribution in [2.75, 3.05) is 18.5 Å². The fraction of sp³-hybridized carbons (Fsp3) is 0.391. The molecule has 1 N–H and O–H groups in total. The first-order valence-electron chi connectivity index (χ1n) is 10.4. The topological polar surface area (TPSA) is 84.9 Å². The predicted molar refractivity (Wildman–Crippen MR) is 110 cm³/mol. The highest BCUT2D eigenvalue weighted by Crippen LogP contribution is 2.35. The third-order valence-corrected chi connectivity index (χ3v) is 5.65. The minimum absolute atomic E-state index is 0.0159. The molecule has 7 nitrogen and oxygen atoms in total. The molecule has 5 rings (SSSR count). The van der Waals surface area contributed by atoms with Gasteiger partial charge in [0.2, 0.25) is 11.7 Å². The zero-order valence-electron chi connectivity index (χ0n) is 16.6. The summed E-state index contributed by atoms with van der Waals surface area (Å²) in [5.74, 6) is 0.500. The van der Waals surface area contributed by atoms with Gasteiger partial charge in [-0.2, -0.15) is 0 Å². The van der Waals surface area contributed by atoms with Gasteiger partial charge in [-0.1, -0.05) is 12.1 Å². The molecule has 2 aromatic heterocycles. The largest absolute Gasteiger partial charge is 0.467 e. The molecule has 1 aliphatic carbocycles. The number of nitrogens with one attached hydrogen (secondary N) is 1. The number of anilines is 1. The number of ether oxygens (including phenoxy) is 1. The Morgan fingerprint density at radius 1 is 1.10 bits per heavy atom. The van der Waals surface area contributed by atoms with Gasteiger partial charge >= 0.3 is 0 Å². The molecule has 2 aliphatic rings. The van der Waals surface area contributed by atoms with Gasteiger partial charge in [-0.3, -0.25) is 9.59 Å². The van der Waals surface area contributed by atoms with Crippen molar-refractivity contribution < 1.29 is 23.2 Å². The molecule has 156 valence electrons. The quantitative estimate of drug-likeness (QED) is 0.633. The Morgan fingerprint density at radius 2 is 1.97 bits per heavy atom. The minimum Gasteiger partial charge on any atom is -0.467 e. The first-order valence-corrected chi connectivity index (χ1v) is 10.4. The van der Waals surface area contributed by atoms with Crippen LogP contribution in [0.25, 0.3) is 11.0 Å². The van der Waals surface area contributed by atoms with E-state index in [0.717, 1.165) is 31.1 Å². The van der Waals surface area contributed by atoms with Crippen LogP contribution in [-0.4, -0.2) is 36.0 Å². The maximum Gasteiger partial charge on any atom is 0.292 e. The van der Waals surface area contributed by atoms with Crippen LogP contribution in [0, 0.1) is 5.92 Å². The van der Waals surface area contributed by atoms with Crippen molar-refractivity contribution >= 4 is 28.5 Å². The smallest absolute Gasteiger partial charge is 0.292 e. The number of furan rings is 2. The summed E-state index contributed by atoms with van der Waals surface area (Å²) in [5.41, 5.74) is 1.02. The number of rotatable bonds is 7. The van der Waals surface area contributed by atoms with Crippen LogP contribution in [0.3, 0.4) is 0 Å². The van der Waals surface area contributed by atoms with E-state index in [1.807, 2.05) is 24.3 Å². The summed E-state index contributed by atoms with van der Waals surface area (Å²) in [6, 6.07) is 11.0. The number of nitrogens with zero attached hydrogens (tertiary/aromatic N) is 1. The second-order valence-corrected chi connectivity index (χ2v) is 7.97. The molecule has 30 heavy (non-hydrogen) atoms. The van der Waals surface area contributed by atoms with Gasteiger partial charge in [0, 0.05) is 24.5 Å². The number of carbonyl (C=O) groups excluding carboxylic acids is 2. The molecule has 1 saturated carbocycles. The highest BCUT2D eigenvalue weighted by atomic mass is 16.5. The van der Waals surface area contributed by atoms with E-state index in [0.29, 0.717) is 36.7 Å². The van der Waals surface area contributed by atoms with Gasteiger partial charge in [0.05, 0.1) is 18.9 Å². The van der Waals surface area contributed by atoms with Crippen LogP contribution < -0.4 is 5.32 Å². The van der Waals surface area contributed by atoms with Crippen molar-refractivity contribution in [3.05, 3.63) is 54.2 Å². The van der Waals surface area contributed by atoms with Gasteiger partial charge < -0.3 is 23.8 Å². The van der Waals surface area contributed by atoms with Gasteiger partial charge in [0.1, 0.15) is 17.0 Å². The molecule has 1 aromatic carbocycles. The highest BCUT2D eigenvalue weighted by Gasteiger charge is 2.34. The van der Waals surface area contributed by atoms with Crippen molar-refractivity contribution in [1.29, 1.82) is 0 Å². The van der Waals surface area contributed by atoms with Gasteiger partial charge in [0.15, 0.2) is 0 Å². The van der Waals surface area contributed by atoms with Crippen LogP contribution in [0.4, 0.5) is 5.69 Å². The summed E-state index contributed by atoms with van der Waals surface area (Å²) in [6.07, 6.45) is 5.24. The zero-order chi connectivity index (χ0) is 20.5. The number of fused-ring (bicyclic) bond motifs is 1. The molecule has 3 aromatic rings. The van der Waals surface area contributed by atoms with Crippen LogP contribution in [0.2, 0.25) is 0 Å². The molecule has 0 radical (unpaired) electrons. The average Bonchev–Trinajstić information content (AvgIpc) is 3.13. The fourth-order valence-electron chi connectivity index (χ4n) is 3.88. The van der Waals surface area contributed by atoms with E-state index >= 15 is 0 Å². The first kappa shape index (κ1) is 18.9.